The monoisotopic (exact) mass is 385 g/mol. The first-order valence-electron chi connectivity index (χ1n) is 9.10. The Morgan fingerprint density at radius 2 is 1.92 bits per heavy atom. The smallest absolute Gasteiger partial charge is 0.142 e. The molecule has 3 aromatic rings. The van der Waals surface area contributed by atoms with Crippen molar-refractivity contribution in [3.8, 4) is 0 Å². The van der Waals surface area contributed by atoms with Gasteiger partial charge in [0.1, 0.15) is 16.5 Å². The second kappa shape index (κ2) is 7.94. The molecule has 0 saturated carbocycles. The molecule has 0 radical (unpaired) electrons. The first-order valence-corrected chi connectivity index (χ1v) is 11.1. The van der Waals surface area contributed by atoms with E-state index >= 15 is 0 Å². The molecule has 0 saturated heterocycles. The minimum atomic E-state index is -0.472. The van der Waals surface area contributed by atoms with Crippen LogP contribution in [0.5, 0.6) is 0 Å². The Hall–Kier alpha value is -1.63. The number of hydrogen-bond acceptors (Lipinski definition) is 6. The number of anilines is 1. The summed E-state index contributed by atoms with van der Waals surface area (Å²) in [6.45, 7) is 0. The van der Waals surface area contributed by atoms with Crippen molar-refractivity contribution in [2.75, 3.05) is 11.5 Å². The topological polar surface area (TPSA) is 72.0 Å². The number of nitrogens with two attached hydrogens (primary N) is 1. The summed E-state index contributed by atoms with van der Waals surface area (Å²) < 4.78 is 0. The zero-order valence-corrected chi connectivity index (χ0v) is 16.3. The Kier molecular flexibility index (Phi) is 5.43. The van der Waals surface area contributed by atoms with Crippen molar-refractivity contribution in [2.45, 2.75) is 44.0 Å². The van der Waals surface area contributed by atoms with Gasteiger partial charge in [0.25, 0.3) is 0 Å². The molecule has 1 aliphatic rings. The fourth-order valence-corrected chi connectivity index (χ4v) is 5.64. The second-order valence-electron chi connectivity index (χ2n) is 6.71. The minimum absolute atomic E-state index is 0.472. The summed E-state index contributed by atoms with van der Waals surface area (Å²) in [5.41, 5.74) is 8.63. The van der Waals surface area contributed by atoms with Gasteiger partial charge in [0.05, 0.1) is 17.2 Å². The lowest BCUT2D eigenvalue weighted by molar-refractivity contribution is 0.204. The summed E-state index contributed by atoms with van der Waals surface area (Å²) in [6, 6.07) is 9.75. The molecule has 0 amide bonds. The third-order valence-corrected chi connectivity index (χ3v) is 7.03. The molecule has 0 spiro atoms. The summed E-state index contributed by atoms with van der Waals surface area (Å²) in [4.78, 5) is 11.8. The molecule has 0 fully saturated rings. The average Bonchev–Trinajstić information content (AvgIpc) is 2.84. The number of aryl methyl sites for hydroxylation is 2. The van der Waals surface area contributed by atoms with Crippen LogP contribution < -0.4 is 5.73 Å². The van der Waals surface area contributed by atoms with Crippen LogP contribution in [0, 0.1) is 0 Å². The zero-order chi connectivity index (χ0) is 17.9. The summed E-state index contributed by atoms with van der Waals surface area (Å²) in [5.74, 6) is 2.66. The Labute approximate surface area is 161 Å². The molecule has 0 bridgehead atoms. The van der Waals surface area contributed by atoms with Gasteiger partial charge in [-0.1, -0.05) is 36.8 Å². The van der Waals surface area contributed by atoms with Crippen LogP contribution in [-0.2, 0) is 18.6 Å². The fourth-order valence-electron chi connectivity index (χ4n) is 3.51. The third kappa shape index (κ3) is 3.72. The molecule has 1 atom stereocenters. The molecule has 0 aliphatic heterocycles. The third-order valence-electron chi connectivity index (χ3n) is 4.83. The lowest BCUT2D eigenvalue weighted by Crippen LogP contribution is -2.03. The summed E-state index contributed by atoms with van der Waals surface area (Å²) in [5, 5.41) is 11.4. The maximum Gasteiger partial charge on any atom is 0.142 e. The Morgan fingerprint density at radius 3 is 2.77 bits per heavy atom. The van der Waals surface area contributed by atoms with E-state index < -0.39 is 6.10 Å². The summed E-state index contributed by atoms with van der Waals surface area (Å²) >= 11 is 3.43. The number of nitrogens with zero attached hydrogens (tertiary/aromatic N) is 2. The molecule has 4 nitrogen and oxygen atoms in total. The van der Waals surface area contributed by atoms with Gasteiger partial charge in [0.2, 0.25) is 0 Å². The van der Waals surface area contributed by atoms with Crippen molar-refractivity contribution in [3.05, 3.63) is 52.2 Å². The van der Waals surface area contributed by atoms with Crippen molar-refractivity contribution < 1.29 is 5.11 Å². The normalized spacial score (nSPS) is 15.6. The van der Waals surface area contributed by atoms with E-state index in [4.69, 9.17) is 10.7 Å². The van der Waals surface area contributed by atoms with Gasteiger partial charge in [-0.25, -0.2) is 9.97 Å². The standard InChI is InChI=1S/C20H23N3OS2/c21-19-18-14-9-5-2-6-10-16(14)26-20(18)23-17(22-19)12-25-11-15(24)13-7-3-1-4-8-13/h1,3-4,7-8,15,24H,2,5-6,9-12H2,(H2,21,22,23)/t15-/m0/s1. The molecule has 4 rings (SSSR count). The number of aliphatic hydroxyl groups excluding tert-OH is 1. The number of aliphatic hydroxyl groups is 1. The van der Waals surface area contributed by atoms with Crippen molar-refractivity contribution in [1.29, 1.82) is 0 Å². The van der Waals surface area contributed by atoms with Gasteiger partial charge >= 0.3 is 0 Å². The van der Waals surface area contributed by atoms with Gasteiger partial charge in [-0.15, -0.1) is 11.3 Å². The number of hydrogen-bond donors (Lipinski definition) is 2. The van der Waals surface area contributed by atoms with Gasteiger partial charge in [-0.05, 0) is 36.8 Å². The fraction of sp³-hybridized carbons (Fsp3) is 0.400. The highest BCUT2D eigenvalue weighted by molar-refractivity contribution is 7.98. The van der Waals surface area contributed by atoms with Gasteiger partial charge in [0, 0.05) is 10.6 Å². The Balaban J connectivity index is 1.47. The molecule has 3 N–H and O–H groups in total. The van der Waals surface area contributed by atoms with Gasteiger partial charge < -0.3 is 10.8 Å². The molecule has 26 heavy (non-hydrogen) atoms. The van der Waals surface area contributed by atoms with Crippen LogP contribution in [0.2, 0.25) is 0 Å². The van der Waals surface area contributed by atoms with E-state index in [-0.39, 0.29) is 0 Å². The van der Waals surface area contributed by atoms with E-state index in [0.717, 1.165) is 34.4 Å². The highest BCUT2D eigenvalue weighted by Crippen LogP contribution is 2.37. The summed E-state index contributed by atoms with van der Waals surface area (Å²) in [7, 11) is 0. The van der Waals surface area contributed by atoms with E-state index in [1.807, 2.05) is 30.3 Å². The maximum absolute atomic E-state index is 10.3. The zero-order valence-electron chi connectivity index (χ0n) is 14.6. The van der Waals surface area contributed by atoms with Crippen LogP contribution in [0.4, 0.5) is 5.82 Å². The van der Waals surface area contributed by atoms with Crippen LogP contribution in [0.15, 0.2) is 30.3 Å². The van der Waals surface area contributed by atoms with E-state index in [1.165, 1.54) is 29.7 Å². The number of nitrogen functional groups attached to an aromatic ring is 1. The number of thioether (sulfide) groups is 1. The van der Waals surface area contributed by atoms with Crippen molar-refractivity contribution in [2.24, 2.45) is 0 Å². The predicted molar refractivity (Wildman–Crippen MR) is 111 cm³/mol. The van der Waals surface area contributed by atoms with Gasteiger partial charge in [-0.2, -0.15) is 11.8 Å². The largest absolute Gasteiger partial charge is 0.388 e. The van der Waals surface area contributed by atoms with Crippen LogP contribution in [0.1, 0.15) is 47.2 Å². The maximum atomic E-state index is 10.3. The highest BCUT2D eigenvalue weighted by Gasteiger charge is 2.19. The first-order chi connectivity index (χ1) is 12.7. The molecule has 2 heterocycles. The molecular formula is C20H23N3OS2. The molecular weight excluding hydrogens is 362 g/mol. The van der Waals surface area contributed by atoms with Crippen LogP contribution in [0.3, 0.4) is 0 Å². The summed E-state index contributed by atoms with van der Waals surface area (Å²) in [6.07, 6.45) is 5.55. The highest BCUT2D eigenvalue weighted by atomic mass is 32.2. The van der Waals surface area contributed by atoms with E-state index in [0.29, 0.717) is 17.3 Å². The SMILES string of the molecule is Nc1nc(CSC[C@H](O)c2ccccc2)nc2sc3c(c12)CCCCC3. The molecule has 1 aliphatic carbocycles. The van der Waals surface area contributed by atoms with Crippen molar-refractivity contribution in [3.63, 3.8) is 0 Å². The average molecular weight is 386 g/mol. The number of fused-ring (bicyclic) bond motifs is 3. The van der Waals surface area contributed by atoms with E-state index in [9.17, 15) is 5.11 Å². The lowest BCUT2D eigenvalue weighted by Gasteiger charge is -2.10. The molecule has 2 aromatic heterocycles. The number of benzene rings is 1. The Morgan fingerprint density at radius 1 is 1.12 bits per heavy atom. The molecule has 136 valence electrons. The molecule has 0 unspecified atom stereocenters. The van der Waals surface area contributed by atoms with Gasteiger partial charge in [-0.3, -0.25) is 0 Å². The Bertz CT molecular complexity index is 895. The molecule has 1 aromatic carbocycles. The lowest BCUT2D eigenvalue weighted by atomic mass is 10.1. The van der Waals surface area contributed by atoms with E-state index in [2.05, 4.69) is 4.98 Å². The van der Waals surface area contributed by atoms with Crippen LogP contribution in [0.25, 0.3) is 10.2 Å². The number of rotatable bonds is 5. The minimum Gasteiger partial charge on any atom is -0.388 e. The predicted octanol–water partition coefficient (Wildman–Crippen LogP) is 4.51. The van der Waals surface area contributed by atoms with Crippen LogP contribution >= 0.6 is 23.1 Å². The quantitative estimate of drug-likeness (QED) is 0.632. The van der Waals surface area contributed by atoms with E-state index in [1.54, 1.807) is 23.1 Å². The number of thiophene rings is 1. The second-order valence-corrected chi connectivity index (χ2v) is 8.83. The van der Waals surface area contributed by atoms with Crippen molar-refractivity contribution >= 4 is 39.1 Å². The van der Waals surface area contributed by atoms with Crippen molar-refractivity contribution in [1.82, 2.24) is 9.97 Å². The van der Waals surface area contributed by atoms with Crippen LogP contribution in [-0.4, -0.2) is 20.8 Å². The first kappa shape index (κ1) is 17.8. The van der Waals surface area contributed by atoms with Gasteiger partial charge in [0.15, 0.2) is 0 Å². The number of aromatic nitrogens is 2. The molecule has 6 heteroatoms.